The van der Waals surface area contributed by atoms with Crippen molar-refractivity contribution in [3.05, 3.63) is 77.9 Å². The zero-order chi connectivity index (χ0) is 17.6. The van der Waals surface area contributed by atoms with Crippen molar-refractivity contribution in [3.8, 4) is 5.75 Å². The Bertz CT molecular complexity index is 845. The summed E-state index contributed by atoms with van der Waals surface area (Å²) in [6.45, 7) is 0. The predicted octanol–water partition coefficient (Wildman–Crippen LogP) is 2.27. The molecule has 128 valence electrons. The van der Waals surface area contributed by atoms with E-state index < -0.39 is 0 Å². The van der Waals surface area contributed by atoms with E-state index >= 15 is 0 Å². The standard InChI is InChI=1S/C19H20N4O2/c1-23-13-14(12-21-23)11-18(24)22-19(16-8-5-6-10-20-16)15-7-3-4-9-17(15)25-2/h3-10,12-13,19H,11H2,1-2H3,(H,22,24)/t19-/m1/s1. The number of rotatable bonds is 6. The maximum atomic E-state index is 12.6. The molecule has 0 aliphatic rings. The van der Waals surface area contributed by atoms with Gasteiger partial charge in [-0.25, -0.2) is 0 Å². The lowest BCUT2D eigenvalue weighted by atomic mass is 10.0. The molecule has 25 heavy (non-hydrogen) atoms. The largest absolute Gasteiger partial charge is 0.496 e. The predicted molar refractivity (Wildman–Crippen MR) is 94.1 cm³/mol. The molecule has 0 fully saturated rings. The van der Waals surface area contributed by atoms with Gasteiger partial charge in [0.05, 0.1) is 31.5 Å². The highest BCUT2D eigenvalue weighted by Crippen LogP contribution is 2.28. The lowest BCUT2D eigenvalue weighted by molar-refractivity contribution is -0.121. The lowest BCUT2D eigenvalue weighted by Crippen LogP contribution is -2.31. The Morgan fingerprint density at radius 1 is 1.24 bits per heavy atom. The van der Waals surface area contributed by atoms with Gasteiger partial charge in [-0.05, 0) is 23.8 Å². The fourth-order valence-corrected chi connectivity index (χ4v) is 2.72. The number of carbonyl (C=O) groups is 1. The third kappa shape index (κ3) is 4.03. The normalized spacial score (nSPS) is 11.8. The van der Waals surface area contributed by atoms with Crippen LogP contribution < -0.4 is 10.1 Å². The fourth-order valence-electron chi connectivity index (χ4n) is 2.72. The van der Waals surface area contributed by atoms with Crippen molar-refractivity contribution in [2.24, 2.45) is 7.05 Å². The second-order valence-corrected chi connectivity index (χ2v) is 5.70. The number of amides is 1. The van der Waals surface area contributed by atoms with E-state index in [1.54, 1.807) is 24.2 Å². The number of pyridine rings is 1. The van der Waals surface area contributed by atoms with Crippen molar-refractivity contribution >= 4 is 5.91 Å². The molecule has 1 amide bonds. The van der Waals surface area contributed by atoms with Gasteiger partial charge >= 0.3 is 0 Å². The highest BCUT2D eigenvalue weighted by Gasteiger charge is 2.21. The molecule has 0 saturated carbocycles. The van der Waals surface area contributed by atoms with Crippen molar-refractivity contribution in [1.29, 1.82) is 0 Å². The fraction of sp³-hybridized carbons (Fsp3) is 0.211. The maximum Gasteiger partial charge on any atom is 0.225 e. The Balaban J connectivity index is 1.88. The van der Waals surface area contributed by atoms with Crippen molar-refractivity contribution in [2.75, 3.05) is 7.11 Å². The zero-order valence-corrected chi connectivity index (χ0v) is 14.2. The number of methoxy groups -OCH3 is 1. The first-order valence-electron chi connectivity index (χ1n) is 7.98. The van der Waals surface area contributed by atoms with Gasteiger partial charge in [-0.3, -0.25) is 14.5 Å². The monoisotopic (exact) mass is 336 g/mol. The summed E-state index contributed by atoms with van der Waals surface area (Å²) in [7, 11) is 3.44. The van der Waals surface area contributed by atoms with Crippen molar-refractivity contribution in [1.82, 2.24) is 20.1 Å². The van der Waals surface area contributed by atoms with Gasteiger partial charge in [0, 0.05) is 25.0 Å². The van der Waals surface area contributed by atoms with Crippen LogP contribution in [0.5, 0.6) is 5.75 Å². The third-order valence-electron chi connectivity index (χ3n) is 3.86. The number of ether oxygens (including phenoxy) is 1. The maximum absolute atomic E-state index is 12.6. The quantitative estimate of drug-likeness (QED) is 0.750. The number of nitrogens with one attached hydrogen (secondary N) is 1. The Morgan fingerprint density at radius 2 is 2.04 bits per heavy atom. The van der Waals surface area contributed by atoms with Gasteiger partial charge in [0.1, 0.15) is 5.75 Å². The van der Waals surface area contributed by atoms with E-state index in [1.807, 2.05) is 55.7 Å². The number of aryl methyl sites for hydroxylation is 1. The molecule has 1 N–H and O–H groups in total. The highest BCUT2D eigenvalue weighted by atomic mass is 16.5. The van der Waals surface area contributed by atoms with Crippen molar-refractivity contribution < 1.29 is 9.53 Å². The van der Waals surface area contributed by atoms with Crippen LogP contribution in [0.4, 0.5) is 0 Å². The van der Waals surface area contributed by atoms with Gasteiger partial charge in [0.25, 0.3) is 0 Å². The summed E-state index contributed by atoms with van der Waals surface area (Å²) in [6, 6.07) is 12.9. The van der Waals surface area contributed by atoms with E-state index in [1.165, 1.54) is 0 Å². The molecule has 3 rings (SSSR count). The van der Waals surface area contributed by atoms with Gasteiger partial charge in [-0.15, -0.1) is 0 Å². The molecular weight excluding hydrogens is 316 g/mol. The van der Waals surface area contributed by atoms with Crippen LogP contribution in [0.25, 0.3) is 0 Å². The van der Waals surface area contributed by atoms with Gasteiger partial charge in [0.15, 0.2) is 0 Å². The number of benzene rings is 1. The van der Waals surface area contributed by atoms with Crippen LogP contribution in [0.3, 0.4) is 0 Å². The Kier molecular flexibility index (Phi) is 5.09. The number of aromatic nitrogens is 3. The molecule has 0 spiro atoms. The van der Waals surface area contributed by atoms with E-state index in [4.69, 9.17) is 4.74 Å². The number of para-hydroxylation sites is 1. The highest BCUT2D eigenvalue weighted by molar-refractivity contribution is 5.79. The van der Waals surface area contributed by atoms with Crippen LogP contribution in [0.2, 0.25) is 0 Å². The minimum atomic E-state index is -0.387. The molecule has 0 radical (unpaired) electrons. The van der Waals surface area contributed by atoms with E-state index in [9.17, 15) is 4.79 Å². The first-order valence-corrected chi connectivity index (χ1v) is 7.98. The Morgan fingerprint density at radius 3 is 2.72 bits per heavy atom. The zero-order valence-electron chi connectivity index (χ0n) is 14.2. The summed E-state index contributed by atoms with van der Waals surface area (Å²) < 4.78 is 7.14. The first kappa shape index (κ1) is 16.7. The molecule has 0 saturated heterocycles. The van der Waals surface area contributed by atoms with Crippen LogP contribution in [-0.4, -0.2) is 27.8 Å². The minimum Gasteiger partial charge on any atom is -0.496 e. The number of carbonyl (C=O) groups excluding carboxylic acids is 1. The second-order valence-electron chi connectivity index (χ2n) is 5.70. The van der Waals surface area contributed by atoms with Gasteiger partial charge < -0.3 is 10.1 Å². The van der Waals surface area contributed by atoms with Crippen LogP contribution in [0.1, 0.15) is 22.9 Å². The van der Waals surface area contributed by atoms with E-state index in [2.05, 4.69) is 15.4 Å². The summed E-state index contributed by atoms with van der Waals surface area (Å²) in [5.41, 5.74) is 2.48. The second kappa shape index (κ2) is 7.61. The number of hydrogen-bond acceptors (Lipinski definition) is 4. The van der Waals surface area contributed by atoms with Gasteiger partial charge in [0.2, 0.25) is 5.91 Å². The molecule has 0 aliphatic heterocycles. The molecule has 0 aliphatic carbocycles. The summed E-state index contributed by atoms with van der Waals surface area (Å²) >= 11 is 0. The molecule has 0 unspecified atom stereocenters. The van der Waals surface area contributed by atoms with Gasteiger partial charge in [-0.1, -0.05) is 24.3 Å². The van der Waals surface area contributed by atoms with E-state index in [0.717, 1.165) is 16.8 Å². The topological polar surface area (TPSA) is 69.0 Å². The SMILES string of the molecule is COc1ccccc1[C@@H](NC(=O)Cc1cnn(C)c1)c1ccccn1. The minimum absolute atomic E-state index is 0.102. The average molecular weight is 336 g/mol. The Labute approximate surface area is 146 Å². The van der Waals surface area contributed by atoms with Crippen LogP contribution >= 0.6 is 0 Å². The summed E-state index contributed by atoms with van der Waals surface area (Å²) in [5, 5.41) is 7.16. The first-order chi connectivity index (χ1) is 12.2. The molecule has 0 bridgehead atoms. The van der Waals surface area contributed by atoms with Crippen molar-refractivity contribution in [3.63, 3.8) is 0 Å². The molecule has 6 nitrogen and oxygen atoms in total. The third-order valence-corrected chi connectivity index (χ3v) is 3.86. The molecular formula is C19H20N4O2. The molecule has 1 atom stereocenters. The van der Waals surface area contributed by atoms with Gasteiger partial charge in [-0.2, -0.15) is 5.10 Å². The number of hydrogen-bond donors (Lipinski definition) is 1. The van der Waals surface area contributed by atoms with Crippen LogP contribution in [0.15, 0.2) is 61.1 Å². The number of nitrogens with zero attached hydrogens (tertiary/aromatic N) is 3. The average Bonchev–Trinajstić information content (AvgIpc) is 3.05. The summed E-state index contributed by atoms with van der Waals surface area (Å²) in [5.74, 6) is 0.606. The smallest absolute Gasteiger partial charge is 0.225 e. The molecule has 1 aromatic carbocycles. The van der Waals surface area contributed by atoms with E-state index in [0.29, 0.717) is 5.75 Å². The van der Waals surface area contributed by atoms with Crippen LogP contribution in [-0.2, 0) is 18.3 Å². The van der Waals surface area contributed by atoms with Crippen LogP contribution in [0, 0.1) is 0 Å². The molecule has 6 heteroatoms. The summed E-state index contributed by atoms with van der Waals surface area (Å²) in [4.78, 5) is 17.0. The molecule has 3 aromatic rings. The summed E-state index contributed by atoms with van der Waals surface area (Å²) in [6.07, 6.45) is 5.49. The lowest BCUT2D eigenvalue weighted by Gasteiger charge is -2.21. The molecule has 2 heterocycles. The van der Waals surface area contributed by atoms with E-state index in [-0.39, 0.29) is 18.4 Å². The Hall–Kier alpha value is -3.15. The van der Waals surface area contributed by atoms with Crippen molar-refractivity contribution in [2.45, 2.75) is 12.5 Å². The molecule has 2 aromatic heterocycles.